The molecule has 0 bridgehead atoms. The van der Waals surface area contributed by atoms with E-state index in [1.54, 1.807) is 113 Å². The zero-order valence-corrected chi connectivity index (χ0v) is 46.9. The fourth-order valence-electron chi connectivity index (χ4n) is 8.97. The summed E-state index contributed by atoms with van der Waals surface area (Å²) in [6.07, 6.45) is 5.75. The number of hydrogen-bond acceptors (Lipinski definition) is 20. The molecule has 0 unspecified atom stereocenters. The van der Waals surface area contributed by atoms with Gasteiger partial charge in [-0.25, -0.2) is 16.8 Å². The molecule has 0 N–H and O–H groups in total. The number of aromatic nitrogens is 10. The monoisotopic (exact) mass is 1090 g/mol. The van der Waals surface area contributed by atoms with Gasteiger partial charge in [0.2, 0.25) is 0 Å². The van der Waals surface area contributed by atoms with Crippen LogP contribution in [0.5, 0.6) is 23.0 Å². The Morgan fingerprint density at radius 2 is 0.895 bits per heavy atom. The molecule has 0 spiro atoms. The van der Waals surface area contributed by atoms with Gasteiger partial charge >= 0.3 is 0 Å². The Balaban J connectivity index is 0.000000221. The van der Waals surface area contributed by atoms with Gasteiger partial charge in [-0.2, -0.15) is 0 Å². The number of hydrogen-bond donors (Lipinski definition) is 0. The van der Waals surface area contributed by atoms with Gasteiger partial charge in [-0.1, -0.05) is 12.1 Å². The van der Waals surface area contributed by atoms with Gasteiger partial charge in [0.25, 0.3) is 0 Å². The molecule has 6 heterocycles. The van der Waals surface area contributed by atoms with Crippen molar-refractivity contribution >= 4 is 19.7 Å². The fourth-order valence-corrected chi connectivity index (χ4v) is 11.8. The Morgan fingerprint density at radius 1 is 0.539 bits per heavy atom. The summed E-state index contributed by atoms with van der Waals surface area (Å²) in [5, 5.41) is 15.7. The minimum Gasteiger partial charge on any atom is -0.494 e. The van der Waals surface area contributed by atoms with Crippen LogP contribution in [0.1, 0.15) is 125 Å². The second-order valence-corrected chi connectivity index (χ2v) is 23.9. The van der Waals surface area contributed by atoms with Crippen LogP contribution in [0.2, 0.25) is 0 Å². The van der Waals surface area contributed by atoms with Crippen LogP contribution in [0.4, 0.5) is 0 Å². The first kappa shape index (κ1) is 57.5. The van der Waals surface area contributed by atoms with Gasteiger partial charge in [-0.3, -0.25) is 29.1 Å². The Labute approximate surface area is 445 Å². The van der Waals surface area contributed by atoms with E-state index in [0.29, 0.717) is 83.8 Å². The zero-order valence-electron chi connectivity index (χ0n) is 45.2. The SMILES string of the molecule is COc1cccc(OC)c1-n1c(CS(=O)(=O)[C@H](C)[C@H](OC(C)C)c2cnc(C)cn2)nnc1[C@@H]1CCOC1.COc1cccc(OC)c1-n1c(CS(=O)(=O)[C@H](C)[C@H](OC(C)C)c2cnc(C)cn2)nnc1[C@H]1CCOC1. The van der Waals surface area contributed by atoms with E-state index in [0.717, 1.165) is 24.2 Å². The molecule has 0 amide bonds. The molecule has 22 nitrogen and oxygen atoms in total. The first-order chi connectivity index (χ1) is 36.3. The van der Waals surface area contributed by atoms with Crippen molar-refractivity contribution in [3.05, 3.63) is 107 Å². The number of nitrogens with zero attached hydrogens (tertiary/aromatic N) is 10. The Morgan fingerprint density at radius 3 is 1.17 bits per heavy atom. The van der Waals surface area contributed by atoms with Crippen molar-refractivity contribution in [1.29, 1.82) is 0 Å². The minimum atomic E-state index is -3.83. The third-order valence-corrected chi connectivity index (χ3v) is 17.1. The highest BCUT2D eigenvalue weighted by Gasteiger charge is 2.39. The number of benzene rings is 2. The summed E-state index contributed by atoms with van der Waals surface area (Å²) in [5.74, 6) is 2.86. The summed E-state index contributed by atoms with van der Waals surface area (Å²) in [5.41, 5.74) is 3.46. The van der Waals surface area contributed by atoms with Crippen molar-refractivity contribution in [2.24, 2.45) is 0 Å². The zero-order chi connectivity index (χ0) is 54.9. The van der Waals surface area contributed by atoms with Gasteiger partial charge in [0.05, 0.1) is 99.5 Å². The van der Waals surface area contributed by atoms with Gasteiger partial charge in [-0.05, 0) is 92.5 Å². The standard InChI is InChI=1S/2C26H35N5O6S/c2*1-16(2)37-25(20-13-27-17(3)12-28-20)18(4)38(32,33)15-23-29-30-26(19-10-11-36-14-19)31(23)24-21(34-5)8-7-9-22(24)35-6/h2*7-9,12-13,16,18-19,25H,10-11,14-15H2,1-6H3/t18-,19+,25+;18-,19-,25+/m11/s1. The van der Waals surface area contributed by atoms with E-state index < -0.39 is 42.4 Å². The van der Waals surface area contributed by atoms with Gasteiger partial charge in [0.15, 0.2) is 31.3 Å². The quantitative estimate of drug-likeness (QED) is 0.0684. The highest BCUT2D eigenvalue weighted by molar-refractivity contribution is 7.91. The normalized spacial score (nSPS) is 17.5. The van der Waals surface area contributed by atoms with E-state index in [9.17, 15) is 16.8 Å². The number of aryl methyl sites for hydroxylation is 2. The summed E-state index contributed by atoms with van der Waals surface area (Å²) in [4.78, 5) is 17.4. The Hall–Kier alpha value is -6.18. The molecule has 2 aliphatic rings. The molecule has 6 atom stereocenters. The van der Waals surface area contributed by atoms with E-state index in [1.807, 2.05) is 41.5 Å². The van der Waals surface area contributed by atoms with E-state index in [1.165, 1.54) is 0 Å². The first-order valence-corrected chi connectivity index (χ1v) is 28.5. The van der Waals surface area contributed by atoms with Crippen molar-refractivity contribution in [2.45, 2.75) is 126 Å². The van der Waals surface area contributed by atoms with Crippen LogP contribution >= 0.6 is 0 Å². The molecular weight excluding hydrogens is 1020 g/mol. The lowest BCUT2D eigenvalue weighted by Crippen LogP contribution is -2.31. The van der Waals surface area contributed by atoms with Crippen LogP contribution in [-0.4, -0.2) is 144 Å². The summed E-state index contributed by atoms with van der Waals surface area (Å²) in [7, 11) is -1.44. The highest BCUT2D eigenvalue weighted by Crippen LogP contribution is 2.40. The van der Waals surface area contributed by atoms with Crippen LogP contribution in [0.15, 0.2) is 61.2 Å². The average Bonchev–Trinajstić information content (AvgIpc) is 4.26. The molecule has 4 aromatic heterocycles. The van der Waals surface area contributed by atoms with Crippen LogP contribution in [0, 0.1) is 13.8 Å². The molecule has 2 fully saturated rings. The lowest BCUT2D eigenvalue weighted by Gasteiger charge is -2.26. The van der Waals surface area contributed by atoms with Gasteiger partial charge in [0, 0.05) is 37.4 Å². The lowest BCUT2D eigenvalue weighted by molar-refractivity contribution is 0.00360. The number of ether oxygens (including phenoxy) is 8. The van der Waals surface area contributed by atoms with Gasteiger partial charge < -0.3 is 37.9 Å². The maximum atomic E-state index is 13.9. The first-order valence-electron chi connectivity index (χ1n) is 25.1. The van der Waals surface area contributed by atoms with E-state index >= 15 is 0 Å². The third-order valence-electron chi connectivity index (χ3n) is 13.0. The molecule has 76 heavy (non-hydrogen) atoms. The Bertz CT molecular complexity index is 2840. The maximum absolute atomic E-state index is 13.9. The number of rotatable bonds is 22. The molecule has 6 aromatic rings. The van der Waals surface area contributed by atoms with Crippen LogP contribution in [0.25, 0.3) is 11.4 Å². The summed E-state index contributed by atoms with van der Waals surface area (Å²) in [6, 6.07) is 10.8. The van der Waals surface area contributed by atoms with Crippen LogP contribution in [-0.2, 0) is 50.1 Å². The molecule has 2 aromatic carbocycles. The summed E-state index contributed by atoms with van der Waals surface area (Å²) < 4.78 is 105. The van der Waals surface area contributed by atoms with E-state index in [2.05, 4.69) is 40.3 Å². The number of sulfone groups is 2. The van der Waals surface area contributed by atoms with Gasteiger partial charge in [0.1, 0.15) is 69.7 Å². The predicted octanol–water partition coefficient (Wildman–Crippen LogP) is 6.71. The predicted molar refractivity (Wildman–Crippen MR) is 281 cm³/mol. The Kier molecular flexibility index (Phi) is 19.2. The average molecular weight is 1090 g/mol. The number of para-hydroxylation sites is 2. The molecule has 412 valence electrons. The largest absolute Gasteiger partial charge is 0.494 e. The van der Waals surface area contributed by atoms with Gasteiger partial charge in [-0.15, -0.1) is 20.4 Å². The highest BCUT2D eigenvalue weighted by atomic mass is 32.2. The minimum absolute atomic E-state index is 0.0501. The maximum Gasteiger partial charge on any atom is 0.163 e. The number of methoxy groups -OCH3 is 4. The molecule has 0 aliphatic carbocycles. The molecule has 8 rings (SSSR count). The topological polar surface area (TPSA) is 255 Å². The fraction of sp³-hybridized carbons (Fsp3) is 0.538. The second-order valence-electron chi connectivity index (χ2n) is 19.2. The lowest BCUT2D eigenvalue weighted by atomic mass is 10.1. The van der Waals surface area contributed by atoms with E-state index in [-0.39, 0.29) is 47.2 Å². The van der Waals surface area contributed by atoms with Crippen LogP contribution in [0.3, 0.4) is 0 Å². The van der Waals surface area contributed by atoms with Crippen molar-refractivity contribution in [3.8, 4) is 34.4 Å². The molecular formula is C52H70N10O12S2. The molecule has 0 radical (unpaired) electrons. The summed E-state index contributed by atoms with van der Waals surface area (Å²) in [6.45, 7) is 16.4. The van der Waals surface area contributed by atoms with Crippen molar-refractivity contribution in [2.75, 3.05) is 54.9 Å². The molecule has 24 heteroatoms. The van der Waals surface area contributed by atoms with Crippen LogP contribution < -0.4 is 18.9 Å². The third kappa shape index (κ3) is 13.1. The van der Waals surface area contributed by atoms with Crippen molar-refractivity contribution in [3.63, 3.8) is 0 Å². The van der Waals surface area contributed by atoms with Crippen molar-refractivity contribution < 1.29 is 54.7 Å². The second kappa shape index (κ2) is 25.3. The molecule has 2 aliphatic heterocycles. The summed E-state index contributed by atoms with van der Waals surface area (Å²) >= 11 is 0. The smallest absolute Gasteiger partial charge is 0.163 e. The van der Waals surface area contributed by atoms with E-state index in [4.69, 9.17) is 37.9 Å². The molecule has 0 saturated carbocycles. The van der Waals surface area contributed by atoms with Crippen molar-refractivity contribution in [1.82, 2.24) is 49.5 Å². The molecule has 2 saturated heterocycles.